The molecule has 0 aromatic heterocycles. The summed E-state index contributed by atoms with van der Waals surface area (Å²) in [5, 5.41) is 7.59. The number of hydrogen-bond donors (Lipinski definition) is 0. The van der Waals surface area contributed by atoms with Gasteiger partial charge in [-0.1, -0.05) is 65.8 Å². The summed E-state index contributed by atoms with van der Waals surface area (Å²) in [6, 6.07) is 17.7. The predicted molar refractivity (Wildman–Crippen MR) is 137 cm³/mol. The molecule has 0 saturated carbocycles. The molecular formula is C23H28ClN5O2S2. The highest BCUT2D eigenvalue weighted by atomic mass is 35.5. The molecule has 0 spiro atoms. The van der Waals surface area contributed by atoms with E-state index in [-0.39, 0.29) is 5.92 Å². The molecule has 0 amide bonds. The van der Waals surface area contributed by atoms with Gasteiger partial charge in [-0.25, -0.2) is 5.01 Å². The number of thioether (sulfide) groups is 1. The van der Waals surface area contributed by atoms with E-state index < -0.39 is 10.2 Å². The Morgan fingerprint density at radius 3 is 2.48 bits per heavy atom. The molecule has 2 heterocycles. The summed E-state index contributed by atoms with van der Waals surface area (Å²) < 4.78 is 32.0. The van der Waals surface area contributed by atoms with Gasteiger partial charge in [-0.15, -0.1) is 4.40 Å². The van der Waals surface area contributed by atoms with Gasteiger partial charge in [0.15, 0.2) is 5.17 Å². The molecule has 0 bridgehead atoms. The van der Waals surface area contributed by atoms with Crippen molar-refractivity contribution in [2.75, 3.05) is 46.0 Å². The standard InChI is InChI=1S/C23H28ClN5O2S2/c1-27-13-6-14-28(16-15-27)33(30,31)26-23(32-2)29-17-21(18-7-4-3-5-8-18)22(25-29)19-9-11-20(24)12-10-19/h3-5,7-12,21H,6,13-17H2,1-2H3. The second-order valence-corrected chi connectivity index (χ2v) is 11.0. The van der Waals surface area contributed by atoms with Crippen molar-refractivity contribution in [3.8, 4) is 0 Å². The summed E-state index contributed by atoms with van der Waals surface area (Å²) >= 11 is 7.39. The molecule has 1 atom stereocenters. The van der Waals surface area contributed by atoms with E-state index in [1.165, 1.54) is 16.1 Å². The van der Waals surface area contributed by atoms with Crippen molar-refractivity contribution in [2.24, 2.45) is 9.50 Å². The highest BCUT2D eigenvalue weighted by Gasteiger charge is 2.33. The number of nitrogens with zero attached hydrogens (tertiary/aromatic N) is 5. The molecule has 0 radical (unpaired) electrons. The second-order valence-electron chi connectivity index (χ2n) is 8.15. The van der Waals surface area contributed by atoms with Gasteiger partial charge >= 0.3 is 10.2 Å². The van der Waals surface area contributed by atoms with Gasteiger partial charge in [-0.2, -0.15) is 17.8 Å². The van der Waals surface area contributed by atoms with Crippen LogP contribution in [0.1, 0.15) is 23.5 Å². The normalized spacial score (nSPS) is 21.2. The first kappa shape index (κ1) is 24.2. The maximum Gasteiger partial charge on any atom is 0.324 e. The van der Waals surface area contributed by atoms with Crippen LogP contribution in [0, 0.1) is 0 Å². The van der Waals surface area contributed by atoms with Crippen molar-refractivity contribution in [3.05, 3.63) is 70.7 Å². The van der Waals surface area contributed by atoms with E-state index in [1.54, 1.807) is 5.01 Å². The minimum absolute atomic E-state index is 0.0146. The van der Waals surface area contributed by atoms with E-state index in [4.69, 9.17) is 16.7 Å². The number of halogens is 1. The number of benzene rings is 2. The Kier molecular flexibility index (Phi) is 7.76. The molecule has 2 aromatic rings. The molecule has 7 nitrogen and oxygen atoms in total. The molecular weight excluding hydrogens is 478 g/mol. The number of rotatable bonds is 4. The molecule has 1 saturated heterocycles. The Morgan fingerprint density at radius 1 is 1.06 bits per heavy atom. The van der Waals surface area contributed by atoms with Gasteiger partial charge in [0.1, 0.15) is 0 Å². The van der Waals surface area contributed by atoms with Gasteiger partial charge in [0.25, 0.3) is 0 Å². The first-order valence-electron chi connectivity index (χ1n) is 10.9. The molecule has 2 aliphatic heterocycles. The van der Waals surface area contributed by atoms with Crippen LogP contribution in [0.25, 0.3) is 0 Å². The van der Waals surface area contributed by atoms with E-state index in [0.29, 0.717) is 36.4 Å². The molecule has 176 valence electrons. The number of amidine groups is 1. The number of hydrogen-bond acceptors (Lipinski definition) is 5. The zero-order chi connectivity index (χ0) is 23.4. The Morgan fingerprint density at radius 2 is 1.79 bits per heavy atom. The zero-order valence-corrected chi connectivity index (χ0v) is 21.2. The maximum atomic E-state index is 13.1. The topological polar surface area (TPSA) is 68.6 Å². The Balaban J connectivity index is 1.66. The molecule has 1 fully saturated rings. The lowest BCUT2D eigenvalue weighted by Gasteiger charge is -2.20. The summed E-state index contributed by atoms with van der Waals surface area (Å²) in [4.78, 5) is 2.14. The predicted octanol–water partition coefficient (Wildman–Crippen LogP) is 3.74. The fraction of sp³-hybridized carbons (Fsp3) is 0.391. The van der Waals surface area contributed by atoms with E-state index in [0.717, 1.165) is 29.8 Å². The highest BCUT2D eigenvalue weighted by Crippen LogP contribution is 2.31. The average Bonchev–Trinajstić information content (AvgIpc) is 3.13. The molecule has 2 aromatic carbocycles. The molecule has 1 unspecified atom stereocenters. The summed E-state index contributed by atoms with van der Waals surface area (Å²) in [6.45, 7) is 3.01. The van der Waals surface area contributed by atoms with Gasteiger partial charge < -0.3 is 4.90 Å². The monoisotopic (exact) mass is 505 g/mol. The van der Waals surface area contributed by atoms with Crippen LogP contribution in [-0.2, 0) is 10.2 Å². The van der Waals surface area contributed by atoms with Gasteiger partial charge in [0.05, 0.1) is 12.3 Å². The van der Waals surface area contributed by atoms with Crippen LogP contribution >= 0.6 is 23.4 Å². The molecule has 2 aliphatic rings. The van der Waals surface area contributed by atoms with Crippen LogP contribution < -0.4 is 0 Å². The zero-order valence-electron chi connectivity index (χ0n) is 18.8. The maximum absolute atomic E-state index is 13.1. The molecule has 0 N–H and O–H groups in total. The van der Waals surface area contributed by atoms with Crippen LogP contribution in [0.5, 0.6) is 0 Å². The van der Waals surface area contributed by atoms with Crippen molar-refractivity contribution in [3.63, 3.8) is 0 Å². The first-order chi connectivity index (χ1) is 15.9. The molecule has 10 heteroatoms. The van der Waals surface area contributed by atoms with E-state index in [2.05, 4.69) is 21.4 Å². The number of likely N-dealkylation sites (N-methyl/N-ethyl adjacent to an activating group) is 1. The van der Waals surface area contributed by atoms with Crippen LogP contribution in [0.4, 0.5) is 0 Å². The van der Waals surface area contributed by atoms with Crippen molar-refractivity contribution in [2.45, 2.75) is 12.3 Å². The van der Waals surface area contributed by atoms with Crippen LogP contribution in [-0.4, -0.2) is 79.5 Å². The fourth-order valence-electron chi connectivity index (χ4n) is 4.05. The third-order valence-electron chi connectivity index (χ3n) is 5.86. The second kappa shape index (κ2) is 10.6. The fourth-order valence-corrected chi connectivity index (χ4v) is 6.16. The minimum Gasteiger partial charge on any atom is -0.305 e. The van der Waals surface area contributed by atoms with E-state index in [9.17, 15) is 8.42 Å². The first-order valence-corrected chi connectivity index (χ1v) is 13.9. The third kappa shape index (κ3) is 5.78. The molecule has 4 rings (SSSR count). The van der Waals surface area contributed by atoms with Crippen molar-refractivity contribution < 1.29 is 8.42 Å². The van der Waals surface area contributed by atoms with Gasteiger partial charge in [0.2, 0.25) is 0 Å². The summed E-state index contributed by atoms with van der Waals surface area (Å²) in [5.74, 6) is -0.0146. The highest BCUT2D eigenvalue weighted by molar-refractivity contribution is 8.13. The van der Waals surface area contributed by atoms with Gasteiger partial charge in [0, 0.05) is 30.6 Å². The minimum atomic E-state index is -3.80. The lowest BCUT2D eigenvalue weighted by atomic mass is 9.91. The Bertz CT molecular complexity index is 1120. The summed E-state index contributed by atoms with van der Waals surface area (Å²) in [6.07, 6.45) is 2.62. The summed E-state index contributed by atoms with van der Waals surface area (Å²) in [7, 11) is -1.80. The quantitative estimate of drug-likeness (QED) is 0.467. The Labute approximate surface area is 205 Å². The average molecular weight is 506 g/mol. The largest absolute Gasteiger partial charge is 0.324 e. The van der Waals surface area contributed by atoms with Crippen LogP contribution in [0.2, 0.25) is 5.02 Å². The third-order valence-corrected chi connectivity index (χ3v) is 8.31. The van der Waals surface area contributed by atoms with Gasteiger partial charge in [-0.05, 0) is 49.5 Å². The van der Waals surface area contributed by atoms with Crippen molar-refractivity contribution in [1.29, 1.82) is 0 Å². The summed E-state index contributed by atoms with van der Waals surface area (Å²) in [5.41, 5.74) is 2.94. The Hall–Kier alpha value is -1.91. The van der Waals surface area contributed by atoms with Crippen molar-refractivity contribution >= 4 is 44.5 Å². The van der Waals surface area contributed by atoms with E-state index >= 15 is 0 Å². The van der Waals surface area contributed by atoms with Crippen LogP contribution in [0.15, 0.2) is 64.1 Å². The lowest BCUT2D eigenvalue weighted by Crippen LogP contribution is -2.35. The lowest BCUT2D eigenvalue weighted by molar-refractivity contribution is 0.347. The SMILES string of the molecule is CSC(=NS(=O)(=O)N1CCCN(C)CC1)N1CC(c2ccccc2)C(c2ccc(Cl)cc2)=N1. The van der Waals surface area contributed by atoms with E-state index in [1.807, 2.05) is 55.8 Å². The molecule has 0 aliphatic carbocycles. The van der Waals surface area contributed by atoms with Crippen LogP contribution in [0.3, 0.4) is 0 Å². The van der Waals surface area contributed by atoms with Crippen molar-refractivity contribution in [1.82, 2.24) is 14.2 Å². The van der Waals surface area contributed by atoms with Gasteiger partial charge in [-0.3, -0.25) is 0 Å². The smallest absolute Gasteiger partial charge is 0.305 e. The molecule has 33 heavy (non-hydrogen) atoms. The number of hydrazone groups is 1.